The highest BCUT2D eigenvalue weighted by Gasteiger charge is 2.34. The first-order valence-electron chi connectivity index (χ1n) is 12.1. The van der Waals surface area contributed by atoms with E-state index in [1.54, 1.807) is 0 Å². The van der Waals surface area contributed by atoms with Gasteiger partial charge in [-0.3, -0.25) is 4.99 Å². The van der Waals surface area contributed by atoms with E-state index < -0.39 is 6.10 Å². The van der Waals surface area contributed by atoms with Gasteiger partial charge in [-0.15, -0.1) is 0 Å². The second-order valence-electron chi connectivity index (χ2n) is 11.6. The van der Waals surface area contributed by atoms with Gasteiger partial charge >= 0.3 is 0 Å². The topological polar surface area (TPSA) is 64.9 Å². The van der Waals surface area contributed by atoms with Crippen molar-refractivity contribution in [2.45, 2.75) is 79.4 Å². The summed E-state index contributed by atoms with van der Waals surface area (Å²) in [5.74, 6) is 0.952. The van der Waals surface area contributed by atoms with Gasteiger partial charge in [-0.1, -0.05) is 71.9 Å². The van der Waals surface area contributed by atoms with Crippen LogP contribution in [-0.2, 0) is 0 Å². The number of allylic oxidation sites excluding steroid dienone is 4. The van der Waals surface area contributed by atoms with Crippen molar-refractivity contribution < 1.29 is 10.2 Å². The molecule has 0 aromatic carbocycles. The van der Waals surface area contributed by atoms with Crippen LogP contribution in [0.2, 0.25) is 0 Å². The molecule has 32 heavy (non-hydrogen) atoms. The fourth-order valence-electron chi connectivity index (χ4n) is 4.89. The average molecular weight is 439 g/mol. The van der Waals surface area contributed by atoms with Crippen LogP contribution in [0.1, 0.15) is 67.2 Å². The highest BCUT2D eigenvalue weighted by atomic mass is 16.3. The minimum atomic E-state index is -0.436. The van der Waals surface area contributed by atoms with Gasteiger partial charge in [-0.25, -0.2) is 0 Å². The fourth-order valence-corrected chi connectivity index (χ4v) is 4.89. The number of aliphatic hydroxyl groups excluding tert-OH is 2. The van der Waals surface area contributed by atoms with Crippen LogP contribution in [0.5, 0.6) is 0 Å². The SMILES string of the molecule is CC(C)(C)C1CC=CC(CNC2=CCC(N=CC3=CCCC(C(C)(C)C)C3O)C=C2)=C1O. The molecular weight excluding hydrogens is 396 g/mol. The molecule has 0 saturated heterocycles. The van der Waals surface area contributed by atoms with E-state index in [-0.39, 0.29) is 28.7 Å². The molecule has 3 rings (SSSR count). The first-order chi connectivity index (χ1) is 15.0. The highest BCUT2D eigenvalue weighted by molar-refractivity contribution is 5.80. The Bertz CT molecular complexity index is 859. The molecular formula is C28H42N2O2. The zero-order valence-corrected chi connectivity index (χ0v) is 20.7. The summed E-state index contributed by atoms with van der Waals surface area (Å²) in [7, 11) is 0. The van der Waals surface area contributed by atoms with E-state index in [4.69, 9.17) is 4.99 Å². The zero-order valence-electron chi connectivity index (χ0n) is 20.7. The lowest BCUT2D eigenvalue weighted by molar-refractivity contribution is 0.0609. The van der Waals surface area contributed by atoms with E-state index in [0.29, 0.717) is 12.3 Å². The third-order valence-corrected chi connectivity index (χ3v) is 7.06. The van der Waals surface area contributed by atoms with Crippen molar-refractivity contribution in [2.24, 2.45) is 27.7 Å². The summed E-state index contributed by atoms with van der Waals surface area (Å²) in [4.78, 5) is 4.73. The van der Waals surface area contributed by atoms with Gasteiger partial charge in [0, 0.05) is 29.9 Å². The first kappa shape index (κ1) is 24.6. The molecule has 3 N–H and O–H groups in total. The Kier molecular flexibility index (Phi) is 7.54. The summed E-state index contributed by atoms with van der Waals surface area (Å²) in [5, 5.41) is 25.0. The Morgan fingerprint density at radius 2 is 1.81 bits per heavy atom. The number of hydrogen-bond donors (Lipinski definition) is 3. The molecule has 4 atom stereocenters. The molecule has 0 aromatic rings. The van der Waals surface area contributed by atoms with Crippen LogP contribution in [0.4, 0.5) is 0 Å². The summed E-state index contributed by atoms with van der Waals surface area (Å²) < 4.78 is 0. The third kappa shape index (κ3) is 6.04. The molecule has 0 aromatic heterocycles. The quantitative estimate of drug-likeness (QED) is 0.459. The molecule has 3 aliphatic rings. The van der Waals surface area contributed by atoms with Crippen molar-refractivity contribution in [3.05, 3.63) is 59.1 Å². The molecule has 0 heterocycles. The first-order valence-corrected chi connectivity index (χ1v) is 12.1. The molecule has 0 fully saturated rings. The Hall–Kier alpha value is -2.07. The van der Waals surface area contributed by atoms with E-state index in [9.17, 15) is 10.2 Å². The largest absolute Gasteiger partial charge is 0.512 e. The van der Waals surface area contributed by atoms with E-state index in [1.807, 2.05) is 12.3 Å². The average Bonchev–Trinajstić information content (AvgIpc) is 2.71. The zero-order chi connectivity index (χ0) is 23.5. The smallest absolute Gasteiger partial charge is 0.101 e. The summed E-state index contributed by atoms with van der Waals surface area (Å²) in [6.07, 6.45) is 17.9. The predicted molar refractivity (Wildman–Crippen MR) is 135 cm³/mol. The normalized spacial score (nSPS) is 29.3. The number of nitrogens with one attached hydrogen (secondary N) is 1. The van der Waals surface area contributed by atoms with E-state index >= 15 is 0 Å². The molecule has 4 nitrogen and oxygen atoms in total. The maximum atomic E-state index is 10.8. The Morgan fingerprint density at radius 3 is 2.44 bits per heavy atom. The Balaban J connectivity index is 1.54. The summed E-state index contributed by atoms with van der Waals surface area (Å²) in [5.41, 5.74) is 3.12. The van der Waals surface area contributed by atoms with Crippen LogP contribution in [0, 0.1) is 22.7 Å². The molecule has 0 spiro atoms. The van der Waals surface area contributed by atoms with Gasteiger partial charge in [0.25, 0.3) is 0 Å². The third-order valence-electron chi connectivity index (χ3n) is 7.06. The molecule has 4 heteroatoms. The lowest BCUT2D eigenvalue weighted by Gasteiger charge is -2.37. The molecule has 0 amide bonds. The van der Waals surface area contributed by atoms with Crippen molar-refractivity contribution in [1.29, 1.82) is 0 Å². The van der Waals surface area contributed by atoms with Crippen molar-refractivity contribution in [2.75, 3.05) is 6.54 Å². The minimum absolute atomic E-state index is 0.0452. The number of aliphatic hydroxyl groups is 2. The van der Waals surface area contributed by atoms with Gasteiger partial charge in [-0.2, -0.15) is 0 Å². The highest BCUT2D eigenvalue weighted by Crippen LogP contribution is 2.38. The summed E-state index contributed by atoms with van der Waals surface area (Å²) in [6, 6.07) is 0.0936. The molecule has 3 aliphatic carbocycles. The van der Waals surface area contributed by atoms with Crippen molar-refractivity contribution in [3.8, 4) is 0 Å². The monoisotopic (exact) mass is 438 g/mol. The second-order valence-corrected chi connectivity index (χ2v) is 11.6. The molecule has 0 radical (unpaired) electrons. The molecule has 0 saturated carbocycles. The van der Waals surface area contributed by atoms with Crippen LogP contribution in [0.3, 0.4) is 0 Å². The van der Waals surface area contributed by atoms with Gasteiger partial charge in [0.05, 0.1) is 12.1 Å². The standard InChI is InChI=1S/C28H42N2O2/c1-27(2,3)23-11-7-9-19(25(23)31)17-29-21-13-15-22(16-14-21)30-18-20-10-8-12-24(26(20)32)28(4,5)6/h7,9-10,13-15,18,22-24,26,29,31-32H,8,11-12,16-17H2,1-6H3. The fraction of sp³-hybridized carbons (Fsp3) is 0.607. The minimum Gasteiger partial charge on any atom is -0.512 e. The van der Waals surface area contributed by atoms with Gasteiger partial charge in [0.2, 0.25) is 0 Å². The number of hydrogen-bond acceptors (Lipinski definition) is 4. The molecule has 176 valence electrons. The van der Waals surface area contributed by atoms with Gasteiger partial charge in [0.1, 0.15) is 5.76 Å². The molecule has 4 unspecified atom stereocenters. The van der Waals surface area contributed by atoms with Gasteiger partial charge < -0.3 is 15.5 Å². The number of rotatable bonds is 5. The lowest BCUT2D eigenvalue weighted by Crippen LogP contribution is -2.36. The number of nitrogens with zero attached hydrogens (tertiary/aromatic N) is 1. The Labute approximate surface area is 194 Å². The number of aliphatic imine (C=N–C) groups is 1. The summed E-state index contributed by atoms with van der Waals surface area (Å²) in [6.45, 7) is 13.8. The van der Waals surface area contributed by atoms with Crippen molar-refractivity contribution in [3.63, 3.8) is 0 Å². The maximum Gasteiger partial charge on any atom is 0.101 e. The van der Waals surface area contributed by atoms with Gasteiger partial charge in [0.15, 0.2) is 0 Å². The predicted octanol–water partition coefficient (Wildman–Crippen LogP) is 6.04. The van der Waals surface area contributed by atoms with Crippen LogP contribution in [-0.4, -0.2) is 35.1 Å². The van der Waals surface area contributed by atoms with E-state index in [2.05, 4.69) is 77.2 Å². The maximum absolute atomic E-state index is 10.8. The lowest BCUT2D eigenvalue weighted by atomic mass is 9.71. The van der Waals surface area contributed by atoms with E-state index in [1.165, 1.54) is 0 Å². The van der Waals surface area contributed by atoms with Crippen LogP contribution in [0.15, 0.2) is 64.1 Å². The van der Waals surface area contributed by atoms with Crippen LogP contribution >= 0.6 is 0 Å². The molecule has 0 bridgehead atoms. The van der Waals surface area contributed by atoms with Crippen LogP contribution in [0.25, 0.3) is 0 Å². The van der Waals surface area contributed by atoms with E-state index in [0.717, 1.165) is 42.5 Å². The van der Waals surface area contributed by atoms with Crippen molar-refractivity contribution in [1.82, 2.24) is 5.32 Å². The second kappa shape index (κ2) is 9.82. The molecule has 0 aliphatic heterocycles. The van der Waals surface area contributed by atoms with Crippen molar-refractivity contribution >= 4 is 6.21 Å². The Morgan fingerprint density at radius 1 is 1.06 bits per heavy atom. The van der Waals surface area contributed by atoms with Gasteiger partial charge in [-0.05, 0) is 54.1 Å². The van der Waals surface area contributed by atoms with Crippen LogP contribution < -0.4 is 5.32 Å². The summed E-state index contributed by atoms with van der Waals surface area (Å²) >= 11 is 0.